The molecule has 0 saturated carbocycles. The fraction of sp³-hybridized carbons (Fsp3) is 0.273. The molecule has 1 aromatic carbocycles. The highest BCUT2D eigenvalue weighted by molar-refractivity contribution is 7.98. The molecule has 0 amide bonds. The van der Waals surface area contributed by atoms with Crippen LogP contribution in [0.1, 0.15) is 10.4 Å². The average molecular weight is 224 g/mol. The van der Waals surface area contributed by atoms with Gasteiger partial charge in [-0.3, -0.25) is 0 Å². The van der Waals surface area contributed by atoms with Crippen LogP contribution in [0.2, 0.25) is 0 Å². The molecule has 3 heteroatoms. The lowest BCUT2D eigenvalue weighted by molar-refractivity contribution is 0.285. The zero-order valence-corrected chi connectivity index (χ0v) is 9.84. The largest absolute Gasteiger partial charge is 0.391 e. The number of aliphatic hydroxyl groups is 1. The lowest BCUT2D eigenvalue weighted by atomic mass is 10.2. The van der Waals surface area contributed by atoms with Crippen molar-refractivity contribution in [1.29, 1.82) is 0 Å². The van der Waals surface area contributed by atoms with E-state index in [1.54, 1.807) is 23.1 Å². The zero-order chi connectivity index (χ0) is 10.1. The molecule has 0 radical (unpaired) electrons. The van der Waals surface area contributed by atoms with Crippen LogP contribution in [0.15, 0.2) is 23.1 Å². The highest BCUT2D eigenvalue weighted by Crippen LogP contribution is 2.34. The maximum atomic E-state index is 9.10. The van der Waals surface area contributed by atoms with Crippen molar-refractivity contribution in [3.63, 3.8) is 0 Å². The van der Waals surface area contributed by atoms with Crippen LogP contribution in [-0.2, 0) is 6.61 Å². The quantitative estimate of drug-likeness (QED) is 0.789. The highest BCUT2D eigenvalue weighted by Gasteiger charge is 2.07. The van der Waals surface area contributed by atoms with Gasteiger partial charge in [-0.1, -0.05) is 6.07 Å². The Morgan fingerprint density at radius 1 is 1.43 bits per heavy atom. The number of aryl methyl sites for hydroxylation is 1. The number of aliphatic hydroxyl groups excluding tert-OH is 1. The standard InChI is InChI=1S/C11H12OS2/c1-7-3-4-10(13-2)9-5-8(6-12)14-11(7)9/h3-5,12H,6H2,1-2H3. The lowest BCUT2D eigenvalue weighted by Gasteiger charge is -2.00. The van der Waals surface area contributed by atoms with Gasteiger partial charge in [0.2, 0.25) is 0 Å². The van der Waals surface area contributed by atoms with Crippen LogP contribution < -0.4 is 0 Å². The van der Waals surface area contributed by atoms with Crippen molar-refractivity contribution in [3.05, 3.63) is 28.6 Å². The summed E-state index contributed by atoms with van der Waals surface area (Å²) in [5, 5.41) is 10.4. The molecule has 0 spiro atoms. The summed E-state index contributed by atoms with van der Waals surface area (Å²) in [6.45, 7) is 2.26. The Bertz CT molecular complexity index is 460. The van der Waals surface area contributed by atoms with Gasteiger partial charge < -0.3 is 5.11 Å². The summed E-state index contributed by atoms with van der Waals surface area (Å²) in [7, 11) is 0. The molecule has 0 aliphatic rings. The van der Waals surface area contributed by atoms with E-state index in [0.29, 0.717) is 0 Å². The molecule has 1 N–H and O–H groups in total. The summed E-state index contributed by atoms with van der Waals surface area (Å²) in [5.41, 5.74) is 1.29. The van der Waals surface area contributed by atoms with E-state index in [1.807, 2.05) is 0 Å². The van der Waals surface area contributed by atoms with Crippen LogP contribution in [0.4, 0.5) is 0 Å². The number of fused-ring (bicyclic) bond motifs is 1. The minimum atomic E-state index is 0.145. The second-order valence-corrected chi connectivity index (χ2v) is 5.18. The first-order valence-corrected chi connectivity index (χ1v) is 6.47. The molecule has 0 bridgehead atoms. The smallest absolute Gasteiger partial charge is 0.0774 e. The van der Waals surface area contributed by atoms with Gasteiger partial charge in [0.15, 0.2) is 0 Å². The van der Waals surface area contributed by atoms with E-state index in [4.69, 9.17) is 5.11 Å². The van der Waals surface area contributed by atoms with Crippen molar-refractivity contribution in [3.8, 4) is 0 Å². The van der Waals surface area contributed by atoms with Crippen LogP contribution in [0.25, 0.3) is 10.1 Å². The fourth-order valence-electron chi connectivity index (χ4n) is 1.54. The van der Waals surface area contributed by atoms with Crippen LogP contribution in [0.3, 0.4) is 0 Å². The number of hydrogen-bond acceptors (Lipinski definition) is 3. The minimum absolute atomic E-state index is 0.145. The predicted octanol–water partition coefficient (Wildman–Crippen LogP) is 3.42. The van der Waals surface area contributed by atoms with Crippen molar-refractivity contribution < 1.29 is 5.11 Å². The molecule has 2 aromatic rings. The van der Waals surface area contributed by atoms with E-state index < -0.39 is 0 Å². The third-order valence-electron chi connectivity index (χ3n) is 2.27. The summed E-state index contributed by atoms with van der Waals surface area (Å²) >= 11 is 3.45. The van der Waals surface area contributed by atoms with Gasteiger partial charge in [0.05, 0.1) is 6.61 Å². The predicted molar refractivity (Wildman–Crippen MR) is 64.3 cm³/mol. The van der Waals surface area contributed by atoms with Crippen LogP contribution >= 0.6 is 23.1 Å². The molecule has 0 unspecified atom stereocenters. The normalized spacial score (nSPS) is 11.1. The van der Waals surface area contributed by atoms with Crippen molar-refractivity contribution in [1.82, 2.24) is 0 Å². The molecular weight excluding hydrogens is 212 g/mol. The Balaban J connectivity index is 2.74. The fourth-order valence-corrected chi connectivity index (χ4v) is 3.20. The molecule has 1 aromatic heterocycles. The van der Waals surface area contributed by atoms with Gasteiger partial charge in [-0.2, -0.15) is 0 Å². The van der Waals surface area contributed by atoms with Crippen molar-refractivity contribution in [2.45, 2.75) is 18.4 Å². The summed E-state index contributed by atoms with van der Waals surface area (Å²) < 4.78 is 1.31. The number of hydrogen-bond donors (Lipinski definition) is 1. The van der Waals surface area contributed by atoms with E-state index in [2.05, 4.69) is 31.4 Å². The molecule has 1 heterocycles. The van der Waals surface area contributed by atoms with Gasteiger partial charge in [0, 0.05) is 19.9 Å². The number of thioether (sulfide) groups is 1. The van der Waals surface area contributed by atoms with E-state index in [9.17, 15) is 0 Å². The number of rotatable bonds is 2. The van der Waals surface area contributed by atoms with Crippen LogP contribution in [0, 0.1) is 6.92 Å². The van der Waals surface area contributed by atoms with E-state index >= 15 is 0 Å². The number of thiophene rings is 1. The van der Waals surface area contributed by atoms with Crippen molar-refractivity contribution >= 4 is 33.2 Å². The van der Waals surface area contributed by atoms with Gasteiger partial charge >= 0.3 is 0 Å². The van der Waals surface area contributed by atoms with Gasteiger partial charge in [0.1, 0.15) is 0 Å². The summed E-state index contributed by atoms with van der Waals surface area (Å²) in [4.78, 5) is 2.34. The van der Waals surface area contributed by atoms with E-state index in [1.165, 1.54) is 20.5 Å². The van der Waals surface area contributed by atoms with Crippen LogP contribution in [0.5, 0.6) is 0 Å². The van der Waals surface area contributed by atoms with Crippen molar-refractivity contribution in [2.24, 2.45) is 0 Å². The topological polar surface area (TPSA) is 20.2 Å². The van der Waals surface area contributed by atoms with E-state index in [-0.39, 0.29) is 6.61 Å². The monoisotopic (exact) mass is 224 g/mol. The first-order valence-electron chi connectivity index (χ1n) is 4.43. The summed E-state index contributed by atoms with van der Waals surface area (Å²) in [6, 6.07) is 6.39. The molecule has 1 nitrogen and oxygen atoms in total. The van der Waals surface area contributed by atoms with Crippen LogP contribution in [-0.4, -0.2) is 11.4 Å². The number of benzene rings is 1. The SMILES string of the molecule is CSc1ccc(C)c2sc(CO)cc12. The molecular formula is C11H12OS2. The van der Waals surface area contributed by atoms with Gasteiger partial charge in [-0.25, -0.2) is 0 Å². The maximum Gasteiger partial charge on any atom is 0.0774 e. The summed E-state index contributed by atoms with van der Waals surface area (Å²) in [6.07, 6.45) is 2.08. The Morgan fingerprint density at radius 2 is 2.21 bits per heavy atom. The minimum Gasteiger partial charge on any atom is -0.391 e. The molecule has 14 heavy (non-hydrogen) atoms. The molecule has 2 rings (SSSR count). The van der Waals surface area contributed by atoms with Crippen molar-refractivity contribution in [2.75, 3.05) is 6.26 Å². The Labute approximate surface area is 91.8 Å². The third-order valence-corrected chi connectivity index (χ3v) is 4.32. The second-order valence-electron chi connectivity index (χ2n) is 3.20. The third kappa shape index (κ3) is 1.56. The summed E-state index contributed by atoms with van der Waals surface area (Å²) in [5.74, 6) is 0. The Morgan fingerprint density at radius 3 is 2.86 bits per heavy atom. The van der Waals surface area contributed by atoms with Gasteiger partial charge in [0.25, 0.3) is 0 Å². The highest BCUT2D eigenvalue weighted by atomic mass is 32.2. The molecule has 0 saturated heterocycles. The first-order chi connectivity index (χ1) is 6.76. The van der Waals surface area contributed by atoms with E-state index in [0.717, 1.165) is 4.88 Å². The first kappa shape index (κ1) is 10.0. The molecule has 0 atom stereocenters. The maximum absolute atomic E-state index is 9.10. The van der Waals surface area contributed by atoms with Gasteiger partial charge in [-0.05, 0) is 30.9 Å². The second kappa shape index (κ2) is 3.93. The van der Waals surface area contributed by atoms with Gasteiger partial charge in [-0.15, -0.1) is 23.1 Å². The molecule has 0 aliphatic heterocycles. The molecule has 0 fully saturated rings. The Kier molecular flexibility index (Phi) is 2.81. The zero-order valence-electron chi connectivity index (χ0n) is 8.20. The molecule has 74 valence electrons. The average Bonchev–Trinajstić information content (AvgIpc) is 2.63. The Hall–Kier alpha value is -0.510. The lowest BCUT2D eigenvalue weighted by Crippen LogP contribution is -1.75. The molecule has 0 aliphatic carbocycles.